The van der Waals surface area contributed by atoms with E-state index < -0.39 is 27.0 Å². The molecule has 0 fully saturated rings. The molecule has 9 nitrogen and oxygen atoms in total. The molecule has 0 amide bonds. The minimum atomic E-state index is -0.893. The molecule has 0 aliphatic heterocycles. The van der Waals surface area contributed by atoms with Gasteiger partial charge in [0.05, 0.1) is 15.9 Å². The largest absolute Gasteiger partial charge is 0.502 e. The van der Waals surface area contributed by atoms with Gasteiger partial charge in [0.2, 0.25) is 0 Å². The Kier molecular flexibility index (Phi) is 3.80. The van der Waals surface area contributed by atoms with Crippen molar-refractivity contribution in [2.24, 2.45) is 0 Å². The summed E-state index contributed by atoms with van der Waals surface area (Å²) in [6.07, 6.45) is 0. The number of nitrogen functional groups attached to an aromatic ring is 1. The van der Waals surface area contributed by atoms with E-state index in [0.29, 0.717) is 17.4 Å². The molecule has 0 spiro atoms. The second kappa shape index (κ2) is 5.56. The third-order valence-corrected chi connectivity index (χ3v) is 3.04. The molecule has 0 bridgehead atoms. The average molecular weight is 304 g/mol. The highest BCUT2D eigenvalue weighted by Gasteiger charge is 2.24. The van der Waals surface area contributed by atoms with Gasteiger partial charge >= 0.3 is 5.69 Å². The summed E-state index contributed by atoms with van der Waals surface area (Å²) in [5, 5.41) is 34.1. The average Bonchev–Trinajstić information content (AvgIpc) is 2.42. The van der Waals surface area contributed by atoms with Crippen LogP contribution in [-0.4, -0.2) is 15.0 Å². The maximum Gasteiger partial charge on any atom is 0.317 e. The fraction of sp³-hybridized carbons (Fsp3) is 0.0769. The molecule has 0 aliphatic rings. The highest BCUT2D eigenvalue weighted by molar-refractivity contribution is 5.76. The van der Waals surface area contributed by atoms with Crippen LogP contribution in [0.4, 0.5) is 28.4 Å². The minimum Gasteiger partial charge on any atom is -0.502 e. The van der Waals surface area contributed by atoms with Crippen LogP contribution in [0, 0.1) is 27.2 Å². The van der Waals surface area contributed by atoms with E-state index in [1.54, 1.807) is 25.1 Å². The summed E-state index contributed by atoms with van der Waals surface area (Å²) >= 11 is 0. The Morgan fingerprint density at radius 1 is 1.09 bits per heavy atom. The molecule has 9 heteroatoms. The van der Waals surface area contributed by atoms with Crippen LogP contribution in [0.1, 0.15) is 5.56 Å². The number of nitrogens with one attached hydrogen (secondary N) is 1. The molecule has 114 valence electrons. The molecule has 0 saturated heterocycles. The number of hydrogen-bond acceptors (Lipinski definition) is 7. The fourth-order valence-corrected chi connectivity index (χ4v) is 1.84. The molecule has 22 heavy (non-hydrogen) atoms. The van der Waals surface area contributed by atoms with Crippen molar-refractivity contribution >= 4 is 28.4 Å². The number of benzene rings is 2. The van der Waals surface area contributed by atoms with Gasteiger partial charge < -0.3 is 16.2 Å². The molecule has 0 saturated carbocycles. The first-order valence-corrected chi connectivity index (χ1v) is 6.08. The maximum atomic E-state index is 11.1. The van der Waals surface area contributed by atoms with Gasteiger partial charge in [0.15, 0.2) is 5.75 Å². The van der Waals surface area contributed by atoms with E-state index in [1.165, 1.54) is 0 Å². The van der Waals surface area contributed by atoms with E-state index in [9.17, 15) is 25.3 Å². The highest BCUT2D eigenvalue weighted by Crippen LogP contribution is 2.38. The van der Waals surface area contributed by atoms with Gasteiger partial charge in [-0.1, -0.05) is 6.07 Å². The van der Waals surface area contributed by atoms with Gasteiger partial charge in [0, 0.05) is 17.4 Å². The summed E-state index contributed by atoms with van der Waals surface area (Å²) < 4.78 is 0. The van der Waals surface area contributed by atoms with Gasteiger partial charge in [-0.05, 0) is 24.6 Å². The van der Waals surface area contributed by atoms with Crippen molar-refractivity contribution in [1.82, 2.24) is 0 Å². The van der Waals surface area contributed by atoms with Crippen molar-refractivity contribution in [2.75, 3.05) is 11.1 Å². The van der Waals surface area contributed by atoms with E-state index in [1.807, 2.05) is 0 Å². The third-order valence-electron chi connectivity index (χ3n) is 3.04. The number of aromatic hydroxyl groups is 1. The molecule has 0 radical (unpaired) electrons. The number of nitrogens with two attached hydrogens (primary N) is 1. The lowest BCUT2D eigenvalue weighted by Crippen LogP contribution is -2.00. The number of nitro groups is 2. The lowest BCUT2D eigenvalue weighted by molar-refractivity contribution is -0.394. The topological polar surface area (TPSA) is 145 Å². The second-order valence-corrected chi connectivity index (χ2v) is 4.57. The standard InChI is InChI=1S/C13H12N4O5/c1-7-2-3-8(4-9(7)14)15-10-5-13(18)12(17(21)22)6-11(10)16(19)20/h2-6,15,18H,14H2,1H3. The number of hydrogen-bond donors (Lipinski definition) is 3. The lowest BCUT2D eigenvalue weighted by Gasteiger charge is -2.09. The number of aryl methyl sites for hydroxylation is 1. The van der Waals surface area contributed by atoms with Crippen LogP contribution in [0.2, 0.25) is 0 Å². The molecule has 2 rings (SSSR count). The first-order valence-electron chi connectivity index (χ1n) is 6.08. The number of nitrogens with zero attached hydrogens (tertiary/aromatic N) is 2. The second-order valence-electron chi connectivity index (χ2n) is 4.57. The van der Waals surface area contributed by atoms with Gasteiger partial charge in [-0.3, -0.25) is 20.2 Å². The van der Waals surface area contributed by atoms with Crippen LogP contribution in [0.3, 0.4) is 0 Å². The monoisotopic (exact) mass is 304 g/mol. The van der Waals surface area contributed by atoms with Gasteiger partial charge in [0.1, 0.15) is 5.69 Å². The van der Waals surface area contributed by atoms with Crippen LogP contribution in [0.5, 0.6) is 5.75 Å². The van der Waals surface area contributed by atoms with E-state index >= 15 is 0 Å². The molecule has 4 N–H and O–H groups in total. The summed E-state index contributed by atoms with van der Waals surface area (Å²) in [4.78, 5) is 20.1. The van der Waals surface area contributed by atoms with Crippen molar-refractivity contribution in [3.63, 3.8) is 0 Å². The zero-order valence-corrected chi connectivity index (χ0v) is 11.4. The quantitative estimate of drug-likeness (QED) is 0.447. The number of nitro benzene ring substituents is 2. The Morgan fingerprint density at radius 3 is 2.27 bits per heavy atom. The van der Waals surface area contributed by atoms with Crippen LogP contribution in [-0.2, 0) is 0 Å². The Morgan fingerprint density at radius 2 is 1.73 bits per heavy atom. The first kappa shape index (κ1) is 15.0. The molecule has 2 aromatic rings. The van der Waals surface area contributed by atoms with E-state index in [0.717, 1.165) is 11.6 Å². The van der Waals surface area contributed by atoms with Gasteiger partial charge in [0.25, 0.3) is 5.69 Å². The SMILES string of the molecule is Cc1ccc(Nc2cc(O)c([N+](=O)[O-])cc2[N+](=O)[O-])cc1N. The van der Waals surface area contributed by atoms with Crippen LogP contribution in [0.25, 0.3) is 0 Å². The van der Waals surface area contributed by atoms with Gasteiger partial charge in [-0.25, -0.2) is 0 Å². The van der Waals surface area contributed by atoms with E-state index in [2.05, 4.69) is 5.32 Å². The summed E-state index contributed by atoms with van der Waals surface area (Å²) in [6, 6.07) is 6.57. The number of rotatable bonds is 4. The molecule has 0 unspecified atom stereocenters. The highest BCUT2D eigenvalue weighted by atomic mass is 16.6. The van der Waals surface area contributed by atoms with Crippen LogP contribution in [0.15, 0.2) is 30.3 Å². The first-order chi connectivity index (χ1) is 10.3. The Hall–Kier alpha value is -3.36. The molecular weight excluding hydrogens is 292 g/mol. The van der Waals surface area contributed by atoms with Crippen LogP contribution >= 0.6 is 0 Å². The van der Waals surface area contributed by atoms with Crippen molar-refractivity contribution in [3.8, 4) is 5.75 Å². The molecule has 2 aromatic carbocycles. The zero-order chi connectivity index (χ0) is 16.4. The minimum absolute atomic E-state index is 0.0728. The third kappa shape index (κ3) is 2.87. The summed E-state index contributed by atoms with van der Waals surface area (Å²) in [6.45, 7) is 1.80. The molecule has 0 aromatic heterocycles. The molecular formula is C13H12N4O5. The van der Waals surface area contributed by atoms with E-state index in [4.69, 9.17) is 5.73 Å². The number of phenolic OH excluding ortho intramolecular Hbond substituents is 1. The predicted molar refractivity (Wildman–Crippen MR) is 80.3 cm³/mol. The number of anilines is 3. The van der Waals surface area contributed by atoms with E-state index in [-0.39, 0.29) is 5.69 Å². The smallest absolute Gasteiger partial charge is 0.317 e. The van der Waals surface area contributed by atoms with Crippen molar-refractivity contribution in [2.45, 2.75) is 6.92 Å². The van der Waals surface area contributed by atoms with Crippen molar-refractivity contribution in [3.05, 3.63) is 56.1 Å². The Bertz CT molecular complexity index is 775. The molecule has 0 atom stereocenters. The summed E-state index contributed by atoms with van der Waals surface area (Å²) in [7, 11) is 0. The van der Waals surface area contributed by atoms with Gasteiger partial charge in [-0.2, -0.15) is 0 Å². The zero-order valence-electron chi connectivity index (χ0n) is 11.4. The Labute approximate surface area is 124 Å². The Balaban J connectivity index is 2.49. The predicted octanol–water partition coefficient (Wildman–Crippen LogP) is 2.84. The molecule has 0 heterocycles. The fourth-order valence-electron chi connectivity index (χ4n) is 1.84. The molecule has 0 aliphatic carbocycles. The van der Waals surface area contributed by atoms with Crippen molar-refractivity contribution < 1.29 is 15.0 Å². The summed E-state index contributed by atoms with van der Waals surface area (Å²) in [5.41, 5.74) is 6.20. The normalized spacial score (nSPS) is 10.2. The summed E-state index contributed by atoms with van der Waals surface area (Å²) in [5.74, 6) is -0.668. The van der Waals surface area contributed by atoms with Crippen molar-refractivity contribution in [1.29, 1.82) is 0 Å². The lowest BCUT2D eigenvalue weighted by atomic mass is 10.1. The number of phenols is 1. The van der Waals surface area contributed by atoms with Crippen LogP contribution < -0.4 is 11.1 Å². The van der Waals surface area contributed by atoms with Gasteiger partial charge in [-0.15, -0.1) is 0 Å². The maximum absolute atomic E-state index is 11.1.